The van der Waals surface area contributed by atoms with Crippen LogP contribution in [0.15, 0.2) is 18.2 Å². The van der Waals surface area contributed by atoms with E-state index in [2.05, 4.69) is 25.3 Å². The molecule has 0 fully saturated rings. The number of halogens is 1. The summed E-state index contributed by atoms with van der Waals surface area (Å²) in [6.07, 6.45) is 6.10. The van der Waals surface area contributed by atoms with Gasteiger partial charge in [0, 0.05) is 11.1 Å². The normalized spacial score (nSPS) is 12.7. The highest BCUT2D eigenvalue weighted by Gasteiger charge is 2.10. The molecule has 1 aromatic carbocycles. The molecule has 17 heavy (non-hydrogen) atoms. The Morgan fingerprint density at radius 2 is 2.00 bits per heavy atom. The number of benzene rings is 1. The van der Waals surface area contributed by atoms with Gasteiger partial charge in [0.2, 0.25) is 0 Å². The van der Waals surface area contributed by atoms with Crippen molar-refractivity contribution in [1.82, 2.24) is 5.43 Å². The van der Waals surface area contributed by atoms with Gasteiger partial charge >= 0.3 is 0 Å². The third-order valence-corrected chi connectivity index (χ3v) is 3.23. The maximum atomic E-state index is 6.07. The van der Waals surface area contributed by atoms with Gasteiger partial charge in [-0.1, -0.05) is 50.3 Å². The molecule has 0 aliphatic rings. The predicted octanol–water partition coefficient (Wildman–Crippen LogP) is 4.12. The van der Waals surface area contributed by atoms with Crippen LogP contribution < -0.4 is 11.3 Å². The Bertz CT molecular complexity index is 319. The lowest BCUT2D eigenvalue weighted by Crippen LogP contribution is -2.28. The highest BCUT2D eigenvalue weighted by Crippen LogP contribution is 2.23. The van der Waals surface area contributed by atoms with Gasteiger partial charge in [-0.15, -0.1) is 0 Å². The summed E-state index contributed by atoms with van der Waals surface area (Å²) in [6.45, 7) is 4.28. The molecule has 0 spiro atoms. The summed E-state index contributed by atoms with van der Waals surface area (Å²) in [5.41, 5.74) is 5.26. The molecule has 3 N–H and O–H groups in total. The van der Waals surface area contributed by atoms with Gasteiger partial charge in [0.25, 0.3) is 0 Å². The van der Waals surface area contributed by atoms with Crippen LogP contribution in [0.5, 0.6) is 0 Å². The van der Waals surface area contributed by atoms with Crippen LogP contribution in [0.4, 0.5) is 0 Å². The molecule has 0 heterocycles. The monoisotopic (exact) mass is 254 g/mol. The van der Waals surface area contributed by atoms with Crippen molar-refractivity contribution in [2.75, 3.05) is 0 Å². The van der Waals surface area contributed by atoms with Crippen LogP contribution in [0.1, 0.15) is 56.2 Å². The smallest absolute Gasteiger partial charge is 0.0460 e. The van der Waals surface area contributed by atoms with Gasteiger partial charge < -0.3 is 0 Å². The first-order valence-corrected chi connectivity index (χ1v) is 6.78. The second kappa shape index (κ2) is 7.70. The summed E-state index contributed by atoms with van der Waals surface area (Å²) in [7, 11) is 0. The fraction of sp³-hybridized carbons (Fsp3) is 0.571. The summed E-state index contributed by atoms with van der Waals surface area (Å²) in [5, 5.41) is 0.786. The van der Waals surface area contributed by atoms with E-state index < -0.39 is 0 Å². The summed E-state index contributed by atoms with van der Waals surface area (Å²) in [4.78, 5) is 0. The van der Waals surface area contributed by atoms with Gasteiger partial charge in [0.15, 0.2) is 0 Å². The molecule has 0 bridgehead atoms. The summed E-state index contributed by atoms with van der Waals surface area (Å²) < 4.78 is 0. The zero-order valence-corrected chi connectivity index (χ0v) is 11.6. The Hall–Kier alpha value is -0.570. The first kappa shape index (κ1) is 14.5. The number of hydrazine groups is 1. The molecule has 1 rings (SSSR count). The standard InChI is InChI=1S/C14H23ClN2/c1-3-4-5-6-7-14(17-16)12-8-11(2)9-13(15)10-12/h8-10,14,17H,3-7,16H2,1-2H3. The van der Waals surface area contributed by atoms with E-state index in [0.29, 0.717) is 0 Å². The van der Waals surface area contributed by atoms with Gasteiger partial charge in [-0.2, -0.15) is 0 Å². The second-order valence-electron chi connectivity index (χ2n) is 4.63. The van der Waals surface area contributed by atoms with Gasteiger partial charge in [-0.25, -0.2) is 0 Å². The molecule has 3 heteroatoms. The predicted molar refractivity (Wildman–Crippen MR) is 75.0 cm³/mol. The van der Waals surface area contributed by atoms with E-state index in [1.165, 1.54) is 36.8 Å². The van der Waals surface area contributed by atoms with Crippen LogP contribution >= 0.6 is 11.6 Å². The quantitative estimate of drug-likeness (QED) is 0.436. The van der Waals surface area contributed by atoms with E-state index >= 15 is 0 Å². The molecule has 0 amide bonds. The van der Waals surface area contributed by atoms with Gasteiger partial charge in [0.1, 0.15) is 0 Å². The van der Waals surface area contributed by atoms with Crippen LogP contribution in [0, 0.1) is 6.92 Å². The highest BCUT2D eigenvalue weighted by molar-refractivity contribution is 6.30. The lowest BCUT2D eigenvalue weighted by atomic mass is 9.99. The van der Waals surface area contributed by atoms with E-state index in [1.54, 1.807) is 0 Å². The van der Waals surface area contributed by atoms with Crippen molar-refractivity contribution in [2.45, 2.75) is 52.0 Å². The average molecular weight is 255 g/mol. The van der Waals surface area contributed by atoms with Crippen molar-refractivity contribution < 1.29 is 0 Å². The minimum Gasteiger partial charge on any atom is -0.271 e. The Kier molecular flexibility index (Phi) is 6.56. The molecular formula is C14H23ClN2. The number of rotatable bonds is 7. The SMILES string of the molecule is CCCCCCC(NN)c1cc(C)cc(Cl)c1. The van der Waals surface area contributed by atoms with Gasteiger partial charge in [-0.05, 0) is 36.6 Å². The summed E-state index contributed by atoms with van der Waals surface area (Å²) in [5.74, 6) is 5.63. The van der Waals surface area contributed by atoms with Gasteiger partial charge in [-0.3, -0.25) is 11.3 Å². The number of hydrogen-bond acceptors (Lipinski definition) is 2. The number of unbranched alkanes of at least 4 members (excludes halogenated alkanes) is 3. The van der Waals surface area contributed by atoms with Crippen molar-refractivity contribution in [3.63, 3.8) is 0 Å². The molecule has 0 aliphatic carbocycles. The van der Waals surface area contributed by atoms with Crippen LogP contribution in [0.2, 0.25) is 5.02 Å². The Balaban J connectivity index is 2.59. The second-order valence-corrected chi connectivity index (χ2v) is 5.07. The molecule has 0 saturated carbocycles. The maximum Gasteiger partial charge on any atom is 0.0460 e. The molecule has 1 aromatic rings. The fourth-order valence-corrected chi connectivity index (χ4v) is 2.39. The van der Waals surface area contributed by atoms with Crippen LogP contribution in [0.3, 0.4) is 0 Å². The number of nitrogens with one attached hydrogen (secondary N) is 1. The van der Waals surface area contributed by atoms with Crippen molar-refractivity contribution in [1.29, 1.82) is 0 Å². The molecule has 96 valence electrons. The zero-order chi connectivity index (χ0) is 12.7. The Labute approximate surface area is 110 Å². The van der Waals surface area contributed by atoms with Crippen LogP contribution in [-0.2, 0) is 0 Å². The molecular weight excluding hydrogens is 232 g/mol. The minimum atomic E-state index is 0.212. The molecule has 1 atom stereocenters. The number of aryl methyl sites for hydroxylation is 1. The van der Waals surface area contributed by atoms with E-state index in [9.17, 15) is 0 Å². The zero-order valence-electron chi connectivity index (χ0n) is 10.8. The maximum absolute atomic E-state index is 6.07. The molecule has 0 saturated heterocycles. The van der Waals surface area contributed by atoms with Crippen molar-refractivity contribution >= 4 is 11.6 Å². The number of hydrogen-bond donors (Lipinski definition) is 2. The first-order valence-electron chi connectivity index (χ1n) is 6.40. The molecule has 2 nitrogen and oxygen atoms in total. The summed E-state index contributed by atoms with van der Waals surface area (Å²) >= 11 is 6.07. The molecule has 0 aromatic heterocycles. The van der Waals surface area contributed by atoms with E-state index in [0.717, 1.165) is 11.4 Å². The third-order valence-electron chi connectivity index (χ3n) is 3.01. The van der Waals surface area contributed by atoms with Crippen molar-refractivity contribution in [3.05, 3.63) is 34.3 Å². The average Bonchev–Trinajstić information content (AvgIpc) is 2.28. The highest BCUT2D eigenvalue weighted by atomic mass is 35.5. The van der Waals surface area contributed by atoms with E-state index in [1.807, 2.05) is 12.1 Å². The Morgan fingerprint density at radius 1 is 1.24 bits per heavy atom. The first-order chi connectivity index (χ1) is 8.17. The minimum absolute atomic E-state index is 0.212. The molecule has 1 unspecified atom stereocenters. The number of nitrogens with two attached hydrogens (primary N) is 1. The lowest BCUT2D eigenvalue weighted by molar-refractivity contribution is 0.482. The van der Waals surface area contributed by atoms with E-state index in [4.69, 9.17) is 17.4 Å². The van der Waals surface area contributed by atoms with Crippen molar-refractivity contribution in [3.8, 4) is 0 Å². The lowest BCUT2D eigenvalue weighted by Gasteiger charge is -2.17. The summed E-state index contributed by atoms with van der Waals surface area (Å²) in [6, 6.07) is 6.33. The topological polar surface area (TPSA) is 38.0 Å². The van der Waals surface area contributed by atoms with E-state index in [-0.39, 0.29) is 6.04 Å². The molecule has 0 aliphatic heterocycles. The largest absolute Gasteiger partial charge is 0.271 e. The van der Waals surface area contributed by atoms with Crippen LogP contribution in [0.25, 0.3) is 0 Å². The van der Waals surface area contributed by atoms with Crippen LogP contribution in [-0.4, -0.2) is 0 Å². The molecule has 0 radical (unpaired) electrons. The Morgan fingerprint density at radius 3 is 2.59 bits per heavy atom. The third kappa shape index (κ3) is 5.07. The fourth-order valence-electron chi connectivity index (χ4n) is 2.09. The van der Waals surface area contributed by atoms with Gasteiger partial charge in [0.05, 0.1) is 0 Å². The van der Waals surface area contributed by atoms with Crippen molar-refractivity contribution in [2.24, 2.45) is 5.84 Å².